The second-order valence-corrected chi connectivity index (χ2v) is 6.34. The standard InChI is InChI=1S/C14H15F3N2O3S/c1-8(20)23-7-9-4-13(21)19(6-9)12-3-2-10(5-11(12)18)22-14(15,16)17/h2-3,5,9H,4,6-7,18H2,1H3. The zero-order valence-corrected chi connectivity index (χ0v) is 13.0. The first-order valence-corrected chi connectivity index (χ1v) is 7.73. The largest absolute Gasteiger partial charge is 0.573 e. The second-order valence-electron chi connectivity index (χ2n) is 5.15. The Kier molecular flexibility index (Phi) is 5.08. The average molecular weight is 348 g/mol. The van der Waals surface area contributed by atoms with Crippen molar-refractivity contribution in [1.29, 1.82) is 0 Å². The van der Waals surface area contributed by atoms with E-state index in [-0.39, 0.29) is 29.0 Å². The Morgan fingerprint density at radius 3 is 2.74 bits per heavy atom. The van der Waals surface area contributed by atoms with E-state index in [0.29, 0.717) is 18.0 Å². The van der Waals surface area contributed by atoms with Crippen LogP contribution >= 0.6 is 11.8 Å². The van der Waals surface area contributed by atoms with Crippen molar-refractivity contribution in [2.24, 2.45) is 5.92 Å². The Hall–Kier alpha value is -1.90. The summed E-state index contributed by atoms with van der Waals surface area (Å²) in [6, 6.07) is 3.48. The summed E-state index contributed by atoms with van der Waals surface area (Å²) in [5, 5.41) is -0.0240. The number of nitrogens with zero attached hydrogens (tertiary/aromatic N) is 1. The van der Waals surface area contributed by atoms with Crippen molar-refractivity contribution in [2.75, 3.05) is 22.9 Å². The summed E-state index contributed by atoms with van der Waals surface area (Å²) in [6.07, 6.45) is -4.52. The zero-order valence-electron chi connectivity index (χ0n) is 12.2. The van der Waals surface area contributed by atoms with Gasteiger partial charge < -0.3 is 15.4 Å². The number of hydrogen-bond acceptors (Lipinski definition) is 5. The number of halogens is 3. The van der Waals surface area contributed by atoms with E-state index in [2.05, 4.69) is 4.74 Å². The molecule has 2 N–H and O–H groups in total. The van der Waals surface area contributed by atoms with Crippen LogP contribution in [-0.4, -0.2) is 29.7 Å². The van der Waals surface area contributed by atoms with Crippen LogP contribution < -0.4 is 15.4 Å². The van der Waals surface area contributed by atoms with Crippen molar-refractivity contribution in [3.8, 4) is 5.75 Å². The number of alkyl halides is 3. The van der Waals surface area contributed by atoms with Crippen molar-refractivity contribution in [1.82, 2.24) is 0 Å². The molecule has 2 rings (SSSR count). The number of nitrogen functional groups attached to an aromatic ring is 1. The molecule has 1 unspecified atom stereocenters. The molecular formula is C14H15F3N2O3S. The van der Waals surface area contributed by atoms with E-state index in [0.717, 1.165) is 23.9 Å². The Morgan fingerprint density at radius 1 is 1.48 bits per heavy atom. The van der Waals surface area contributed by atoms with Gasteiger partial charge in [0.15, 0.2) is 5.12 Å². The molecular weight excluding hydrogens is 333 g/mol. The van der Waals surface area contributed by atoms with E-state index >= 15 is 0 Å². The maximum Gasteiger partial charge on any atom is 0.573 e. The highest BCUT2D eigenvalue weighted by Crippen LogP contribution is 2.34. The molecule has 0 aromatic heterocycles. The molecule has 1 aromatic carbocycles. The van der Waals surface area contributed by atoms with Crippen molar-refractivity contribution in [3.05, 3.63) is 18.2 Å². The van der Waals surface area contributed by atoms with Gasteiger partial charge in [-0.1, -0.05) is 11.8 Å². The van der Waals surface area contributed by atoms with E-state index in [4.69, 9.17) is 5.73 Å². The molecule has 1 aliphatic rings. The molecule has 0 bridgehead atoms. The molecule has 1 amide bonds. The molecule has 1 aromatic rings. The first-order valence-electron chi connectivity index (χ1n) is 6.74. The fourth-order valence-electron chi connectivity index (χ4n) is 2.34. The Morgan fingerprint density at radius 2 is 2.17 bits per heavy atom. The Bertz CT molecular complexity index is 622. The van der Waals surface area contributed by atoms with Crippen LogP contribution in [0.4, 0.5) is 24.5 Å². The molecule has 1 atom stereocenters. The van der Waals surface area contributed by atoms with E-state index in [1.54, 1.807) is 0 Å². The van der Waals surface area contributed by atoms with Crippen LogP contribution in [-0.2, 0) is 9.59 Å². The summed E-state index contributed by atoms with van der Waals surface area (Å²) in [7, 11) is 0. The van der Waals surface area contributed by atoms with Crippen LogP contribution in [0, 0.1) is 5.92 Å². The topological polar surface area (TPSA) is 72.6 Å². The van der Waals surface area contributed by atoms with Crippen molar-refractivity contribution < 1.29 is 27.5 Å². The third-order valence-electron chi connectivity index (χ3n) is 3.25. The molecule has 0 radical (unpaired) electrons. The van der Waals surface area contributed by atoms with Crippen molar-refractivity contribution >= 4 is 34.2 Å². The molecule has 1 fully saturated rings. The molecule has 1 saturated heterocycles. The lowest BCUT2D eigenvalue weighted by Crippen LogP contribution is -2.26. The number of carbonyl (C=O) groups excluding carboxylic acids is 2. The van der Waals surface area contributed by atoms with Gasteiger partial charge in [-0.3, -0.25) is 9.59 Å². The predicted octanol–water partition coefficient (Wildman–Crippen LogP) is 2.80. The number of nitrogens with two attached hydrogens (primary N) is 1. The van der Waals surface area contributed by atoms with E-state index < -0.39 is 12.1 Å². The van der Waals surface area contributed by atoms with Gasteiger partial charge in [0, 0.05) is 31.7 Å². The van der Waals surface area contributed by atoms with Crippen molar-refractivity contribution in [3.63, 3.8) is 0 Å². The third-order valence-corrected chi connectivity index (χ3v) is 4.30. The smallest absolute Gasteiger partial charge is 0.406 e. The zero-order chi connectivity index (χ0) is 17.2. The van der Waals surface area contributed by atoms with Gasteiger partial charge in [-0.25, -0.2) is 0 Å². The van der Waals surface area contributed by atoms with Crippen LogP contribution in [0.5, 0.6) is 5.75 Å². The van der Waals surface area contributed by atoms with Gasteiger partial charge in [-0.15, -0.1) is 13.2 Å². The van der Waals surface area contributed by atoms with Crippen LogP contribution in [0.2, 0.25) is 0 Å². The number of ether oxygens (including phenoxy) is 1. The summed E-state index contributed by atoms with van der Waals surface area (Å²) >= 11 is 1.15. The van der Waals surface area contributed by atoms with Crippen LogP contribution in [0.1, 0.15) is 13.3 Å². The van der Waals surface area contributed by atoms with Crippen LogP contribution in [0.3, 0.4) is 0 Å². The fourth-order valence-corrected chi connectivity index (χ4v) is 3.03. The molecule has 0 saturated carbocycles. The predicted molar refractivity (Wildman–Crippen MR) is 81.1 cm³/mol. The molecule has 1 heterocycles. The first kappa shape index (κ1) is 17.5. The Labute approximate surface area is 135 Å². The number of anilines is 2. The molecule has 126 valence electrons. The van der Waals surface area contributed by atoms with Gasteiger partial charge in [0.25, 0.3) is 0 Å². The molecule has 23 heavy (non-hydrogen) atoms. The van der Waals surface area contributed by atoms with E-state index in [1.165, 1.54) is 17.9 Å². The maximum atomic E-state index is 12.2. The molecule has 0 aliphatic carbocycles. The number of rotatable bonds is 4. The normalized spacial score (nSPS) is 18.3. The van der Waals surface area contributed by atoms with Gasteiger partial charge in [-0.05, 0) is 18.1 Å². The monoisotopic (exact) mass is 348 g/mol. The minimum absolute atomic E-state index is 0.00176. The van der Waals surface area contributed by atoms with Crippen LogP contribution in [0.15, 0.2) is 18.2 Å². The highest BCUT2D eigenvalue weighted by molar-refractivity contribution is 8.13. The minimum Gasteiger partial charge on any atom is -0.406 e. The number of benzene rings is 1. The summed E-state index contributed by atoms with van der Waals surface area (Å²) in [5.41, 5.74) is 6.12. The van der Waals surface area contributed by atoms with Gasteiger partial charge in [-0.2, -0.15) is 0 Å². The molecule has 0 spiro atoms. The lowest BCUT2D eigenvalue weighted by molar-refractivity contribution is -0.274. The SMILES string of the molecule is CC(=O)SCC1CC(=O)N(c2ccc(OC(F)(F)F)cc2N)C1. The molecule has 5 nitrogen and oxygen atoms in total. The van der Waals surface area contributed by atoms with Gasteiger partial charge in [0.05, 0.1) is 11.4 Å². The van der Waals surface area contributed by atoms with Crippen LogP contribution in [0.25, 0.3) is 0 Å². The van der Waals surface area contributed by atoms with E-state index in [9.17, 15) is 22.8 Å². The fraction of sp³-hybridized carbons (Fsp3) is 0.429. The second kappa shape index (κ2) is 6.69. The van der Waals surface area contributed by atoms with E-state index in [1.807, 2.05) is 0 Å². The van der Waals surface area contributed by atoms with Crippen molar-refractivity contribution in [2.45, 2.75) is 19.7 Å². The summed E-state index contributed by atoms with van der Waals surface area (Å²) in [4.78, 5) is 24.5. The Balaban J connectivity index is 2.09. The average Bonchev–Trinajstić information content (AvgIpc) is 2.76. The summed E-state index contributed by atoms with van der Waals surface area (Å²) in [6.45, 7) is 1.83. The number of carbonyl (C=O) groups is 2. The summed E-state index contributed by atoms with van der Waals surface area (Å²) in [5.74, 6) is -0.0847. The molecule has 9 heteroatoms. The highest BCUT2D eigenvalue weighted by Gasteiger charge is 2.33. The van der Waals surface area contributed by atoms with Gasteiger partial charge in [0.1, 0.15) is 5.75 Å². The number of thioether (sulfide) groups is 1. The first-order chi connectivity index (χ1) is 10.7. The quantitative estimate of drug-likeness (QED) is 0.847. The lowest BCUT2D eigenvalue weighted by Gasteiger charge is -2.19. The highest BCUT2D eigenvalue weighted by atomic mass is 32.2. The maximum absolute atomic E-state index is 12.2. The number of amides is 1. The lowest BCUT2D eigenvalue weighted by atomic mass is 10.1. The number of hydrogen-bond donors (Lipinski definition) is 1. The van der Waals surface area contributed by atoms with Gasteiger partial charge >= 0.3 is 6.36 Å². The summed E-state index contributed by atoms with van der Waals surface area (Å²) < 4.78 is 40.3. The molecule has 1 aliphatic heterocycles. The third kappa shape index (κ3) is 4.78. The minimum atomic E-state index is -4.80. The van der Waals surface area contributed by atoms with Gasteiger partial charge in [0.2, 0.25) is 5.91 Å².